The third-order valence-corrected chi connectivity index (χ3v) is 4.03. The number of hydrogen-bond donors (Lipinski definition) is 0. The average molecular weight is 297 g/mol. The van der Waals surface area contributed by atoms with Gasteiger partial charge < -0.3 is 9.47 Å². The predicted molar refractivity (Wildman–Crippen MR) is 83.2 cm³/mol. The van der Waals surface area contributed by atoms with Crippen LogP contribution in [0.1, 0.15) is 30.2 Å². The minimum atomic E-state index is -0.355. The van der Waals surface area contributed by atoms with Crippen molar-refractivity contribution in [3.8, 4) is 0 Å². The van der Waals surface area contributed by atoms with Crippen molar-refractivity contribution in [1.82, 2.24) is 4.90 Å². The summed E-state index contributed by atoms with van der Waals surface area (Å²) in [6, 6.07) is 19.5. The van der Waals surface area contributed by atoms with Gasteiger partial charge in [-0.3, -0.25) is 4.90 Å². The zero-order chi connectivity index (χ0) is 15.5. The van der Waals surface area contributed by atoms with Gasteiger partial charge in [-0.25, -0.2) is 4.79 Å². The van der Waals surface area contributed by atoms with Crippen LogP contribution in [0.2, 0.25) is 0 Å². The molecular formula is C18H19NO3. The monoisotopic (exact) mass is 297 g/mol. The Morgan fingerprint density at radius 3 is 2.09 bits per heavy atom. The molecule has 0 bridgehead atoms. The highest BCUT2D eigenvalue weighted by molar-refractivity contribution is 5.72. The van der Waals surface area contributed by atoms with E-state index < -0.39 is 0 Å². The Kier molecular flexibility index (Phi) is 4.11. The minimum absolute atomic E-state index is 0.203. The molecule has 1 unspecified atom stereocenters. The third-order valence-electron chi connectivity index (χ3n) is 4.03. The molecule has 1 amide bonds. The lowest BCUT2D eigenvalue weighted by Crippen LogP contribution is -2.37. The Labute approximate surface area is 130 Å². The van der Waals surface area contributed by atoms with Gasteiger partial charge in [-0.15, -0.1) is 0 Å². The molecule has 1 fully saturated rings. The zero-order valence-electron chi connectivity index (χ0n) is 12.7. The summed E-state index contributed by atoms with van der Waals surface area (Å²) in [6.45, 7) is 1.85. The number of nitrogens with zero attached hydrogens (tertiary/aromatic N) is 1. The molecule has 4 nitrogen and oxygen atoms in total. The molecule has 4 heteroatoms. The molecule has 0 radical (unpaired) electrons. The van der Waals surface area contributed by atoms with Crippen LogP contribution in [-0.4, -0.2) is 24.3 Å². The van der Waals surface area contributed by atoms with Gasteiger partial charge in [0.1, 0.15) is 12.3 Å². The Hall–Kier alpha value is -2.33. The van der Waals surface area contributed by atoms with Crippen molar-refractivity contribution in [2.45, 2.75) is 25.3 Å². The maximum absolute atomic E-state index is 12.4. The van der Waals surface area contributed by atoms with E-state index in [4.69, 9.17) is 9.47 Å². The van der Waals surface area contributed by atoms with E-state index in [0.717, 1.165) is 11.1 Å². The van der Waals surface area contributed by atoms with Crippen molar-refractivity contribution >= 4 is 6.09 Å². The fraction of sp³-hybridized carbons (Fsp3) is 0.278. The van der Waals surface area contributed by atoms with Crippen LogP contribution in [-0.2, 0) is 9.47 Å². The van der Waals surface area contributed by atoms with Crippen molar-refractivity contribution in [2.75, 3.05) is 7.11 Å². The largest absolute Gasteiger partial charge is 0.439 e. The molecule has 0 N–H and O–H groups in total. The summed E-state index contributed by atoms with van der Waals surface area (Å²) in [5, 5.41) is 0. The molecule has 0 saturated carbocycles. The van der Waals surface area contributed by atoms with E-state index in [-0.39, 0.29) is 24.5 Å². The fourth-order valence-electron chi connectivity index (χ4n) is 2.86. The summed E-state index contributed by atoms with van der Waals surface area (Å²) in [7, 11) is 1.59. The maximum Gasteiger partial charge on any atom is 0.413 e. The first kappa shape index (κ1) is 14.6. The van der Waals surface area contributed by atoms with Crippen LogP contribution in [0.25, 0.3) is 0 Å². The first-order valence-electron chi connectivity index (χ1n) is 7.34. The standard InChI is InChI=1S/C18H19NO3/c1-13(21-2)19-16(14-9-5-3-6-10-14)17(22-18(19)20)15-11-7-4-8-12-15/h3-13,16-17H,1-2H3/t13?,16-,17+/m1/s1. The molecule has 3 atom stereocenters. The first-order chi connectivity index (χ1) is 10.7. The van der Waals surface area contributed by atoms with Crippen molar-refractivity contribution in [3.05, 3.63) is 71.8 Å². The summed E-state index contributed by atoms with van der Waals surface area (Å²) in [5.74, 6) is 0. The van der Waals surface area contributed by atoms with Crippen LogP contribution in [0.4, 0.5) is 4.79 Å². The lowest BCUT2D eigenvalue weighted by molar-refractivity contribution is -0.00635. The number of cyclic esters (lactones) is 1. The lowest BCUT2D eigenvalue weighted by atomic mass is 9.95. The molecule has 22 heavy (non-hydrogen) atoms. The SMILES string of the molecule is COC(C)N1C(=O)O[C@@H](c2ccccc2)[C@H]1c1ccccc1. The minimum Gasteiger partial charge on any atom is -0.439 e. The van der Waals surface area contributed by atoms with Gasteiger partial charge in [0.2, 0.25) is 0 Å². The maximum atomic E-state index is 12.4. The van der Waals surface area contributed by atoms with Crippen molar-refractivity contribution in [1.29, 1.82) is 0 Å². The normalized spacial score (nSPS) is 22.5. The molecule has 1 aliphatic rings. The lowest BCUT2D eigenvalue weighted by Gasteiger charge is -2.29. The van der Waals surface area contributed by atoms with Crippen LogP contribution < -0.4 is 0 Å². The highest BCUT2D eigenvalue weighted by Crippen LogP contribution is 2.43. The topological polar surface area (TPSA) is 38.8 Å². The molecule has 1 aliphatic heterocycles. The van der Waals surface area contributed by atoms with Crippen LogP contribution in [0.5, 0.6) is 0 Å². The van der Waals surface area contributed by atoms with Gasteiger partial charge >= 0.3 is 6.09 Å². The predicted octanol–water partition coefficient (Wildman–Crippen LogP) is 3.91. The number of amides is 1. The molecule has 1 heterocycles. The number of rotatable bonds is 4. The number of benzene rings is 2. The highest BCUT2D eigenvalue weighted by Gasteiger charge is 2.45. The van der Waals surface area contributed by atoms with Gasteiger partial charge in [0.05, 0.1) is 0 Å². The Morgan fingerprint density at radius 1 is 1.00 bits per heavy atom. The summed E-state index contributed by atoms with van der Waals surface area (Å²) in [5.41, 5.74) is 2.02. The van der Waals surface area contributed by atoms with Crippen molar-refractivity contribution in [3.63, 3.8) is 0 Å². The van der Waals surface area contributed by atoms with Gasteiger partial charge in [-0.05, 0) is 18.1 Å². The number of carbonyl (C=O) groups is 1. The second kappa shape index (κ2) is 6.20. The number of methoxy groups -OCH3 is 1. The number of ether oxygens (including phenoxy) is 2. The molecular weight excluding hydrogens is 278 g/mol. The summed E-state index contributed by atoms with van der Waals surface area (Å²) in [4.78, 5) is 14.0. The molecule has 114 valence electrons. The average Bonchev–Trinajstić information content (AvgIpc) is 2.93. The summed E-state index contributed by atoms with van der Waals surface area (Å²) in [6.07, 6.45) is -1.04. The quantitative estimate of drug-likeness (QED) is 0.858. The van der Waals surface area contributed by atoms with E-state index in [1.807, 2.05) is 67.6 Å². The summed E-state index contributed by atoms with van der Waals surface area (Å²) < 4.78 is 11.0. The molecule has 3 rings (SSSR count). The van der Waals surface area contributed by atoms with Crippen LogP contribution in [0.15, 0.2) is 60.7 Å². The number of hydrogen-bond acceptors (Lipinski definition) is 3. The second-order valence-electron chi connectivity index (χ2n) is 5.31. The summed E-state index contributed by atoms with van der Waals surface area (Å²) >= 11 is 0. The van der Waals surface area contributed by atoms with E-state index >= 15 is 0 Å². The Bertz CT molecular complexity index is 629. The zero-order valence-corrected chi connectivity index (χ0v) is 12.7. The highest BCUT2D eigenvalue weighted by atomic mass is 16.6. The molecule has 0 aliphatic carbocycles. The fourth-order valence-corrected chi connectivity index (χ4v) is 2.86. The van der Waals surface area contributed by atoms with Gasteiger partial charge in [-0.2, -0.15) is 0 Å². The molecule has 2 aromatic carbocycles. The second-order valence-corrected chi connectivity index (χ2v) is 5.31. The van der Waals surface area contributed by atoms with Gasteiger partial charge in [-0.1, -0.05) is 60.7 Å². The molecule has 1 saturated heterocycles. The number of carbonyl (C=O) groups excluding carboxylic acids is 1. The van der Waals surface area contributed by atoms with Crippen LogP contribution in [0.3, 0.4) is 0 Å². The van der Waals surface area contributed by atoms with E-state index in [0.29, 0.717) is 0 Å². The van der Waals surface area contributed by atoms with Crippen LogP contribution in [0, 0.1) is 0 Å². The Balaban J connectivity index is 2.04. The van der Waals surface area contributed by atoms with Gasteiger partial charge in [0.15, 0.2) is 6.10 Å². The Morgan fingerprint density at radius 2 is 1.55 bits per heavy atom. The smallest absolute Gasteiger partial charge is 0.413 e. The third kappa shape index (κ3) is 2.57. The molecule has 0 aromatic heterocycles. The van der Waals surface area contributed by atoms with E-state index in [2.05, 4.69) is 0 Å². The van der Waals surface area contributed by atoms with Crippen molar-refractivity contribution < 1.29 is 14.3 Å². The molecule has 0 spiro atoms. The first-order valence-corrected chi connectivity index (χ1v) is 7.34. The van der Waals surface area contributed by atoms with Gasteiger partial charge in [0.25, 0.3) is 0 Å². The van der Waals surface area contributed by atoms with Crippen LogP contribution >= 0.6 is 0 Å². The molecule has 2 aromatic rings. The van der Waals surface area contributed by atoms with E-state index in [9.17, 15) is 4.79 Å². The van der Waals surface area contributed by atoms with Crippen molar-refractivity contribution in [2.24, 2.45) is 0 Å². The van der Waals surface area contributed by atoms with Gasteiger partial charge in [0, 0.05) is 7.11 Å². The van der Waals surface area contributed by atoms with E-state index in [1.165, 1.54) is 0 Å². The van der Waals surface area contributed by atoms with E-state index in [1.54, 1.807) is 12.0 Å².